The number of hydrogen-bond donors (Lipinski definition) is 1. The van der Waals surface area contributed by atoms with Crippen LogP contribution >= 0.6 is 0 Å². The van der Waals surface area contributed by atoms with Crippen LogP contribution in [0, 0.1) is 0 Å². The van der Waals surface area contributed by atoms with E-state index in [4.69, 9.17) is 5.73 Å². The molecule has 0 aliphatic carbocycles. The summed E-state index contributed by atoms with van der Waals surface area (Å²) in [6, 6.07) is 13.0. The molecule has 0 bridgehead atoms. The second-order valence-corrected chi connectivity index (χ2v) is 5.40. The molecular formula is C17H21N3. The molecule has 3 nitrogen and oxygen atoms in total. The summed E-state index contributed by atoms with van der Waals surface area (Å²) in [4.78, 5) is 6.93. The van der Waals surface area contributed by atoms with Gasteiger partial charge in [0.25, 0.3) is 0 Å². The Hall–Kier alpha value is -1.87. The number of hydrogen-bond acceptors (Lipinski definition) is 3. The zero-order chi connectivity index (χ0) is 13.9. The van der Waals surface area contributed by atoms with Crippen LogP contribution in [0.4, 0.5) is 5.82 Å². The molecule has 2 heterocycles. The van der Waals surface area contributed by atoms with E-state index in [0.29, 0.717) is 0 Å². The molecule has 3 heteroatoms. The standard InChI is InChI=1S/C17H21N3/c1-2-16(18)14-7-8-17(19-11-14)20-10-9-13-5-3-4-6-15(13)12-20/h3-8,11,16H,2,9-10,12,18H2,1H3/t16-/m0/s1. The Morgan fingerprint density at radius 3 is 2.70 bits per heavy atom. The molecule has 1 aliphatic rings. The highest BCUT2D eigenvalue weighted by molar-refractivity contribution is 5.44. The molecule has 104 valence electrons. The average Bonchev–Trinajstić information content (AvgIpc) is 2.54. The molecule has 0 saturated carbocycles. The van der Waals surface area contributed by atoms with E-state index in [1.54, 1.807) is 0 Å². The molecule has 2 N–H and O–H groups in total. The van der Waals surface area contributed by atoms with Crippen molar-refractivity contribution in [2.24, 2.45) is 5.73 Å². The minimum atomic E-state index is 0.0960. The molecule has 0 unspecified atom stereocenters. The number of aromatic nitrogens is 1. The molecule has 1 aromatic carbocycles. The molecule has 0 amide bonds. The quantitative estimate of drug-likeness (QED) is 0.929. The topological polar surface area (TPSA) is 42.1 Å². The lowest BCUT2D eigenvalue weighted by Crippen LogP contribution is -2.31. The highest BCUT2D eigenvalue weighted by Gasteiger charge is 2.17. The smallest absolute Gasteiger partial charge is 0.128 e. The molecule has 20 heavy (non-hydrogen) atoms. The maximum absolute atomic E-state index is 6.03. The fraction of sp³-hybridized carbons (Fsp3) is 0.353. The first-order valence-electron chi connectivity index (χ1n) is 7.31. The maximum Gasteiger partial charge on any atom is 0.128 e. The van der Waals surface area contributed by atoms with Crippen molar-refractivity contribution in [3.05, 3.63) is 59.3 Å². The van der Waals surface area contributed by atoms with E-state index in [1.165, 1.54) is 11.1 Å². The Balaban J connectivity index is 1.78. The predicted molar refractivity (Wildman–Crippen MR) is 82.7 cm³/mol. The first kappa shape index (κ1) is 13.1. The van der Waals surface area contributed by atoms with E-state index in [9.17, 15) is 0 Å². The van der Waals surface area contributed by atoms with Gasteiger partial charge in [0, 0.05) is 25.3 Å². The minimum Gasteiger partial charge on any atom is -0.352 e. The summed E-state index contributed by atoms with van der Waals surface area (Å²) < 4.78 is 0. The number of pyridine rings is 1. The van der Waals surface area contributed by atoms with Crippen molar-refractivity contribution in [1.29, 1.82) is 0 Å². The number of anilines is 1. The number of fused-ring (bicyclic) bond motifs is 1. The van der Waals surface area contributed by atoms with E-state index in [1.807, 2.05) is 6.20 Å². The Morgan fingerprint density at radius 2 is 2.00 bits per heavy atom. The van der Waals surface area contributed by atoms with Crippen molar-refractivity contribution < 1.29 is 0 Å². The van der Waals surface area contributed by atoms with Crippen LogP contribution in [-0.4, -0.2) is 11.5 Å². The largest absolute Gasteiger partial charge is 0.352 e. The zero-order valence-electron chi connectivity index (χ0n) is 11.9. The third-order valence-corrected chi connectivity index (χ3v) is 4.09. The van der Waals surface area contributed by atoms with Gasteiger partial charge in [0.05, 0.1) is 0 Å². The van der Waals surface area contributed by atoms with Gasteiger partial charge < -0.3 is 10.6 Å². The number of nitrogens with two attached hydrogens (primary N) is 1. The average molecular weight is 267 g/mol. The van der Waals surface area contributed by atoms with Crippen LogP contribution < -0.4 is 10.6 Å². The Kier molecular flexibility index (Phi) is 3.70. The first-order valence-corrected chi connectivity index (χ1v) is 7.31. The Bertz CT molecular complexity index is 577. The van der Waals surface area contributed by atoms with Crippen LogP contribution in [-0.2, 0) is 13.0 Å². The van der Waals surface area contributed by atoms with E-state index < -0.39 is 0 Å². The van der Waals surface area contributed by atoms with Crippen molar-refractivity contribution >= 4 is 5.82 Å². The molecule has 0 fully saturated rings. The zero-order valence-corrected chi connectivity index (χ0v) is 11.9. The Labute approximate surface area is 120 Å². The Morgan fingerprint density at radius 1 is 1.20 bits per heavy atom. The van der Waals surface area contributed by atoms with Gasteiger partial charge in [0.15, 0.2) is 0 Å². The van der Waals surface area contributed by atoms with Gasteiger partial charge in [0.2, 0.25) is 0 Å². The summed E-state index contributed by atoms with van der Waals surface area (Å²) in [6.07, 6.45) is 3.95. The summed E-state index contributed by atoms with van der Waals surface area (Å²) in [5, 5.41) is 0. The van der Waals surface area contributed by atoms with Crippen LogP contribution in [0.1, 0.15) is 36.1 Å². The van der Waals surface area contributed by atoms with E-state index in [2.05, 4.69) is 53.2 Å². The van der Waals surface area contributed by atoms with Crippen molar-refractivity contribution in [2.45, 2.75) is 32.4 Å². The number of nitrogens with zero attached hydrogens (tertiary/aromatic N) is 2. The minimum absolute atomic E-state index is 0.0960. The van der Waals surface area contributed by atoms with Crippen LogP contribution in [0.2, 0.25) is 0 Å². The van der Waals surface area contributed by atoms with Gasteiger partial charge >= 0.3 is 0 Å². The molecular weight excluding hydrogens is 246 g/mol. The molecule has 1 atom stereocenters. The molecule has 3 rings (SSSR count). The molecule has 2 aromatic rings. The van der Waals surface area contributed by atoms with Crippen LogP contribution in [0.3, 0.4) is 0 Å². The highest BCUT2D eigenvalue weighted by Crippen LogP contribution is 2.23. The molecule has 0 radical (unpaired) electrons. The third-order valence-electron chi connectivity index (χ3n) is 4.09. The molecule has 1 aromatic heterocycles. The van der Waals surface area contributed by atoms with Crippen molar-refractivity contribution in [2.75, 3.05) is 11.4 Å². The molecule has 1 aliphatic heterocycles. The van der Waals surface area contributed by atoms with Gasteiger partial charge in [-0.2, -0.15) is 0 Å². The number of benzene rings is 1. The highest BCUT2D eigenvalue weighted by atomic mass is 15.2. The van der Waals surface area contributed by atoms with Gasteiger partial charge in [0.1, 0.15) is 5.82 Å². The van der Waals surface area contributed by atoms with Crippen LogP contribution in [0.15, 0.2) is 42.6 Å². The summed E-state index contributed by atoms with van der Waals surface area (Å²) in [7, 11) is 0. The first-order chi connectivity index (χ1) is 9.78. The van der Waals surface area contributed by atoms with E-state index in [-0.39, 0.29) is 6.04 Å². The van der Waals surface area contributed by atoms with Gasteiger partial charge in [-0.15, -0.1) is 0 Å². The van der Waals surface area contributed by atoms with Gasteiger partial charge in [-0.25, -0.2) is 4.98 Å². The fourth-order valence-corrected chi connectivity index (χ4v) is 2.73. The third kappa shape index (κ3) is 2.54. The fourth-order valence-electron chi connectivity index (χ4n) is 2.73. The predicted octanol–water partition coefficient (Wildman–Crippen LogP) is 3.05. The lowest BCUT2D eigenvalue weighted by Gasteiger charge is -2.30. The van der Waals surface area contributed by atoms with Crippen molar-refractivity contribution in [3.63, 3.8) is 0 Å². The lowest BCUT2D eigenvalue weighted by molar-refractivity contribution is 0.689. The summed E-state index contributed by atoms with van der Waals surface area (Å²) in [6.45, 7) is 4.08. The maximum atomic E-state index is 6.03. The number of rotatable bonds is 3. The summed E-state index contributed by atoms with van der Waals surface area (Å²) in [5.74, 6) is 1.05. The monoisotopic (exact) mass is 267 g/mol. The normalized spacial score (nSPS) is 15.8. The second kappa shape index (κ2) is 5.63. The molecule has 0 saturated heterocycles. The van der Waals surface area contributed by atoms with E-state index >= 15 is 0 Å². The van der Waals surface area contributed by atoms with Crippen LogP contribution in [0.5, 0.6) is 0 Å². The van der Waals surface area contributed by atoms with E-state index in [0.717, 1.165) is 37.3 Å². The van der Waals surface area contributed by atoms with Crippen LogP contribution in [0.25, 0.3) is 0 Å². The summed E-state index contributed by atoms with van der Waals surface area (Å²) in [5.41, 5.74) is 10.0. The van der Waals surface area contributed by atoms with Crippen molar-refractivity contribution in [3.8, 4) is 0 Å². The van der Waals surface area contributed by atoms with Gasteiger partial charge in [-0.05, 0) is 35.6 Å². The lowest BCUT2D eigenvalue weighted by atomic mass is 10.00. The SMILES string of the molecule is CC[C@H](N)c1ccc(N2CCc3ccccc3C2)nc1. The summed E-state index contributed by atoms with van der Waals surface area (Å²) >= 11 is 0. The molecule has 0 spiro atoms. The second-order valence-electron chi connectivity index (χ2n) is 5.40. The van der Waals surface area contributed by atoms with Crippen molar-refractivity contribution in [1.82, 2.24) is 4.98 Å². The van der Waals surface area contributed by atoms with Gasteiger partial charge in [-0.3, -0.25) is 0 Å². The van der Waals surface area contributed by atoms with Gasteiger partial charge in [-0.1, -0.05) is 37.3 Å².